The van der Waals surface area contributed by atoms with Gasteiger partial charge in [-0.3, -0.25) is 14.5 Å². The topological polar surface area (TPSA) is 107 Å². The smallest absolute Gasteiger partial charge is 0.325 e. The molecule has 1 aromatic heterocycles. The number of carbonyl (C=O) groups excluding carboxylic acids is 3. The highest BCUT2D eigenvalue weighted by Gasteiger charge is 2.52. The summed E-state index contributed by atoms with van der Waals surface area (Å²) in [6.07, 6.45) is 4.63. The number of amides is 4. The zero-order valence-electron chi connectivity index (χ0n) is 15.4. The summed E-state index contributed by atoms with van der Waals surface area (Å²) in [5.74, 6) is 0.416. The number of urea groups is 1. The molecule has 0 bridgehead atoms. The van der Waals surface area contributed by atoms with Crippen molar-refractivity contribution in [2.45, 2.75) is 51.1 Å². The average Bonchev–Trinajstić information content (AvgIpc) is 3.24. The van der Waals surface area contributed by atoms with Gasteiger partial charge >= 0.3 is 6.03 Å². The Morgan fingerprint density at radius 1 is 1.44 bits per heavy atom. The summed E-state index contributed by atoms with van der Waals surface area (Å²) >= 11 is 0. The molecule has 0 radical (unpaired) electrons. The van der Waals surface area contributed by atoms with Crippen LogP contribution in [0.25, 0.3) is 0 Å². The Bertz CT molecular complexity index is 744. The number of nitrogens with zero attached hydrogens (tertiary/aromatic N) is 3. The zero-order valence-corrected chi connectivity index (χ0v) is 15.4. The van der Waals surface area contributed by atoms with Crippen molar-refractivity contribution < 1.29 is 18.8 Å². The van der Waals surface area contributed by atoms with E-state index >= 15 is 0 Å². The molecule has 0 unspecified atom stereocenters. The second-order valence-electron chi connectivity index (χ2n) is 7.39. The molecule has 3 rings (SSSR count). The molecule has 1 aliphatic carbocycles. The highest BCUT2D eigenvalue weighted by Crippen LogP contribution is 2.36. The van der Waals surface area contributed by atoms with Gasteiger partial charge in [0.05, 0.1) is 25.3 Å². The van der Waals surface area contributed by atoms with Gasteiger partial charge in [0, 0.05) is 6.54 Å². The minimum atomic E-state index is -0.859. The molecule has 1 saturated carbocycles. The van der Waals surface area contributed by atoms with Gasteiger partial charge in [-0.05, 0) is 43.7 Å². The maximum Gasteiger partial charge on any atom is 0.325 e. The van der Waals surface area contributed by atoms with E-state index in [4.69, 9.17) is 9.68 Å². The maximum atomic E-state index is 12.9. The van der Waals surface area contributed by atoms with E-state index in [0.29, 0.717) is 24.5 Å². The Morgan fingerprint density at radius 3 is 2.81 bits per heavy atom. The van der Waals surface area contributed by atoms with Crippen molar-refractivity contribution in [2.75, 3.05) is 13.1 Å². The minimum Gasteiger partial charge on any atom is -0.467 e. The first-order valence-corrected chi connectivity index (χ1v) is 9.26. The Morgan fingerprint density at radius 2 is 2.19 bits per heavy atom. The molecule has 8 nitrogen and oxygen atoms in total. The molecule has 2 fully saturated rings. The van der Waals surface area contributed by atoms with Crippen LogP contribution in [0, 0.1) is 17.2 Å². The number of furan rings is 1. The van der Waals surface area contributed by atoms with Crippen molar-refractivity contribution in [3.8, 4) is 6.07 Å². The van der Waals surface area contributed by atoms with E-state index in [0.717, 1.165) is 17.7 Å². The monoisotopic (exact) mass is 372 g/mol. The van der Waals surface area contributed by atoms with Crippen molar-refractivity contribution in [3.63, 3.8) is 0 Å². The minimum absolute atomic E-state index is 0.161. The molecule has 2 aliphatic rings. The van der Waals surface area contributed by atoms with Crippen LogP contribution in [0.4, 0.5) is 4.79 Å². The third-order valence-electron chi connectivity index (χ3n) is 5.44. The second-order valence-corrected chi connectivity index (χ2v) is 7.39. The lowest BCUT2D eigenvalue weighted by Gasteiger charge is -2.33. The maximum absolute atomic E-state index is 12.9. The van der Waals surface area contributed by atoms with Crippen LogP contribution in [0.2, 0.25) is 0 Å². The first-order chi connectivity index (χ1) is 12.9. The molecule has 1 saturated heterocycles. The number of nitriles is 1. The van der Waals surface area contributed by atoms with Gasteiger partial charge in [0.1, 0.15) is 17.8 Å². The molecule has 0 aromatic carbocycles. The molecule has 8 heteroatoms. The van der Waals surface area contributed by atoms with Crippen molar-refractivity contribution >= 4 is 17.8 Å². The average molecular weight is 372 g/mol. The van der Waals surface area contributed by atoms with Gasteiger partial charge in [0.15, 0.2) is 0 Å². The Hall–Kier alpha value is -2.82. The molecule has 144 valence electrons. The lowest BCUT2D eigenvalue weighted by atomic mass is 9.77. The van der Waals surface area contributed by atoms with E-state index in [-0.39, 0.29) is 37.9 Å². The highest BCUT2D eigenvalue weighted by molar-refractivity contribution is 6.09. The van der Waals surface area contributed by atoms with Crippen molar-refractivity contribution in [3.05, 3.63) is 24.2 Å². The van der Waals surface area contributed by atoms with Gasteiger partial charge < -0.3 is 14.6 Å². The van der Waals surface area contributed by atoms with Crippen LogP contribution in [0.1, 0.15) is 44.8 Å². The molecule has 1 aromatic rings. The van der Waals surface area contributed by atoms with Gasteiger partial charge in [0.25, 0.3) is 5.91 Å². The number of imide groups is 1. The van der Waals surface area contributed by atoms with Crippen LogP contribution in [0.15, 0.2) is 22.8 Å². The summed E-state index contributed by atoms with van der Waals surface area (Å²) in [7, 11) is 0. The number of nitrogens with one attached hydrogen (secondary N) is 1. The predicted octanol–water partition coefficient (Wildman–Crippen LogP) is 2.02. The van der Waals surface area contributed by atoms with Crippen molar-refractivity contribution in [2.24, 2.45) is 5.92 Å². The lowest BCUT2D eigenvalue weighted by Crippen LogP contribution is -2.50. The molecule has 0 atom stereocenters. The quantitative estimate of drug-likeness (QED) is 0.769. The van der Waals surface area contributed by atoms with E-state index in [9.17, 15) is 14.4 Å². The third-order valence-corrected chi connectivity index (χ3v) is 5.44. The number of rotatable bonds is 6. The number of carbonyl (C=O) groups is 3. The normalized spacial score (nSPS) is 24.7. The van der Waals surface area contributed by atoms with Gasteiger partial charge in [-0.2, -0.15) is 5.26 Å². The largest absolute Gasteiger partial charge is 0.467 e. The van der Waals surface area contributed by atoms with Crippen LogP contribution >= 0.6 is 0 Å². The standard InChI is InChI=1S/C19H24N4O4/c1-14-5-7-19(8-6-14)17(25)23(18(26)21-19)13-16(24)22(10-3-9-20)12-15-4-2-11-27-15/h2,4,11,14H,3,5-8,10,12-13H2,1H3,(H,21,26). The second kappa shape index (κ2) is 7.82. The summed E-state index contributed by atoms with van der Waals surface area (Å²) in [4.78, 5) is 40.5. The van der Waals surface area contributed by atoms with Gasteiger partial charge in [-0.15, -0.1) is 0 Å². The van der Waals surface area contributed by atoms with Crippen LogP contribution in [0.5, 0.6) is 0 Å². The fraction of sp³-hybridized carbons (Fsp3) is 0.579. The molecule has 1 aliphatic heterocycles. The third kappa shape index (κ3) is 3.97. The molecular formula is C19H24N4O4. The Labute approximate surface area is 158 Å². The molecule has 1 spiro atoms. The lowest BCUT2D eigenvalue weighted by molar-refractivity contribution is -0.140. The van der Waals surface area contributed by atoms with E-state index in [1.807, 2.05) is 6.07 Å². The van der Waals surface area contributed by atoms with Crippen LogP contribution in [-0.2, 0) is 16.1 Å². The zero-order chi connectivity index (χ0) is 19.4. The number of hydrogen-bond donors (Lipinski definition) is 1. The first-order valence-electron chi connectivity index (χ1n) is 9.26. The SMILES string of the molecule is CC1CCC2(CC1)NC(=O)N(CC(=O)N(CCC#N)Cc1ccco1)C2=O. The van der Waals surface area contributed by atoms with Crippen LogP contribution < -0.4 is 5.32 Å². The molecule has 4 amide bonds. The summed E-state index contributed by atoms with van der Waals surface area (Å²) in [5, 5.41) is 11.7. The fourth-order valence-electron chi connectivity index (χ4n) is 3.72. The van der Waals surface area contributed by atoms with E-state index < -0.39 is 11.6 Å². The first kappa shape index (κ1) is 19.0. The molecular weight excluding hydrogens is 348 g/mol. The van der Waals surface area contributed by atoms with Gasteiger partial charge in [-0.1, -0.05) is 6.92 Å². The van der Waals surface area contributed by atoms with Gasteiger partial charge in [-0.25, -0.2) is 4.79 Å². The van der Waals surface area contributed by atoms with Crippen LogP contribution in [-0.4, -0.2) is 46.3 Å². The van der Waals surface area contributed by atoms with E-state index in [2.05, 4.69) is 12.2 Å². The van der Waals surface area contributed by atoms with Gasteiger partial charge in [0.2, 0.25) is 5.91 Å². The summed E-state index contributed by atoms with van der Waals surface area (Å²) in [6, 6.07) is 4.95. The predicted molar refractivity (Wildman–Crippen MR) is 95.0 cm³/mol. The van der Waals surface area contributed by atoms with Crippen LogP contribution in [0.3, 0.4) is 0 Å². The summed E-state index contributed by atoms with van der Waals surface area (Å²) in [6.45, 7) is 2.22. The number of hydrogen-bond acceptors (Lipinski definition) is 5. The molecule has 27 heavy (non-hydrogen) atoms. The van der Waals surface area contributed by atoms with Crippen molar-refractivity contribution in [1.29, 1.82) is 5.26 Å². The Kier molecular flexibility index (Phi) is 5.49. The summed E-state index contributed by atoms with van der Waals surface area (Å²) < 4.78 is 5.27. The fourth-order valence-corrected chi connectivity index (χ4v) is 3.72. The van der Waals surface area contributed by atoms with Crippen molar-refractivity contribution in [1.82, 2.24) is 15.1 Å². The molecule has 2 heterocycles. The summed E-state index contributed by atoms with van der Waals surface area (Å²) in [5.41, 5.74) is -0.859. The molecule has 1 N–H and O–H groups in total. The van der Waals surface area contributed by atoms with E-state index in [1.54, 1.807) is 12.1 Å². The Balaban J connectivity index is 1.68. The van der Waals surface area contributed by atoms with E-state index in [1.165, 1.54) is 11.2 Å². The highest BCUT2D eigenvalue weighted by atomic mass is 16.3.